The second-order valence-electron chi connectivity index (χ2n) is 7.88. The summed E-state index contributed by atoms with van der Waals surface area (Å²) in [5.41, 5.74) is -1.02. The lowest BCUT2D eigenvalue weighted by Crippen LogP contribution is -2.55. The second-order valence-corrected chi connectivity index (χ2v) is 8.91. The van der Waals surface area contributed by atoms with Gasteiger partial charge in [-0.25, -0.2) is 4.79 Å². The first kappa shape index (κ1) is 20.5. The van der Waals surface area contributed by atoms with Crippen molar-refractivity contribution in [1.29, 1.82) is 0 Å². The molecule has 0 aliphatic rings. The van der Waals surface area contributed by atoms with Crippen molar-refractivity contribution >= 4 is 23.3 Å². The average molecular weight is 355 g/mol. The van der Waals surface area contributed by atoms with Crippen LogP contribution in [-0.2, 0) is 16.1 Å². The summed E-state index contributed by atoms with van der Waals surface area (Å²) < 4.78 is 5.31. The zero-order valence-corrected chi connectivity index (χ0v) is 16.6. The van der Waals surface area contributed by atoms with Gasteiger partial charge in [0.25, 0.3) is 0 Å². The fraction of sp³-hybridized carbons (Fsp3) is 0.667. The van der Waals surface area contributed by atoms with Crippen LogP contribution in [0.15, 0.2) is 17.5 Å². The van der Waals surface area contributed by atoms with Crippen molar-refractivity contribution in [2.75, 3.05) is 6.54 Å². The van der Waals surface area contributed by atoms with Gasteiger partial charge in [0.15, 0.2) is 0 Å². The third-order valence-electron chi connectivity index (χ3n) is 3.39. The number of hydrogen-bond donors (Lipinski definition) is 1. The van der Waals surface area contributed by atoms with Crippen molar-refractivity contribution < 1.29 is 14.3 Å². The lowest BCUT2D eigenvalue weighted by Gasteiger charge is -2.35. The van der Waals surface area contributed by atoms with Gasteiger partial charge in [0.05, 0.1) is 6.54 Å². The van der Waals surface area contributed by atoms with Gasteiger partial charge in [0, 0.05) is 11.4 Å². The molecule has 1 heterocycles. The molecule has 5 nitrogen and oxygen atoms in total. The Morgan fingerprint density at radius 1 is 1.25 bits per heavy atom. The van der Waals surface area contributed by atoms with Crippen LogP contribution in [0, 0.1) is 5.41 Å². The van der Waals surface area contributed by atoms with Gasteiger partial charge in [0.2, 0.25) is 5.91 Å². The predicted molar refractivity (Wildman–Crippen MR) is 98.0 cm³/mol. The number of carbonyl (C=O) groups is 2. The summed E-state index contributed by atoms with van der Waals surface area (Å²) in [5, 5.41) is 4.75. The average Bonchev–Trinajstić information content (AvgIpc) is 2.91. The minimum atomic E-state index is -0.646. The monoisotopic (exact) mass is 354 g/mol. The summed E-state index contributed by atoms with van der Waals surface area (Å²) >= 11 is 1.62. The van der Waals surface area contributed by atoms with Crippen LogP contribution < -0.4 is 5.32 Å². The Bertz CT molecular complexity index is 542. The maximum Gasteiger partial charge on any atom is 0.408 e. The number of nitrogens with zero attached hydrogens (tertiary/aromatic N) is 1. The fourth-order valence-electron chi connectivity index (χ4n) is 2.19. The number of alkyl carbamates (subject to hydrolysis) is 1. The number of ether oxygens (including phenoxy) is 1. The molecule has 1 N–H and O–H groups in total. The van der Waals surface area contributed by atoms with Crippen LogP contribution in [0.5, 0.6) is 0 Å². The maximum atomic E-state index is 13.0. The molecule has 0 aliphatic carbocycles. The highest BCUT2D eigenvalue weighted by molar-refractivity contribution is 7.09. The minimum Gasteiger partial charge on any atom is -0.444 e. The molecule has 0 unspecified atom stereocenters. The van der Waals surface area contributed by atoms with E-state index in [1.807, 2.05) is 45.2 Å². The molecule has 0 radical (unpaired) electrons. The third-order valence-corrected chi connectivity index (χ3v) is 4.26. The second kappa shape index (κ2) is 8.01. The van der Waals surface area contributed by atoms with Crippen molar-refractivity contribution in [2.45, 2.75) is 66.7 Å². The molecule has 1 atom stereocenters. The van der Waals surface area contributed by atoms with Crippen LogP contribution in [0.2, 0.25) is 0 Å². The molecule has 1 aromatic rings. The predicted octanol–water partition coefficient (Wildman–Crippen LogP) is 4.04. The molecule has 0 spiro atoms. The van der Waals surface area contributed by atoms with E-state index in [9.17, 15) is 9.59 Å². The standard InChI is InChI=1S/C18H30N2O3S/c1-8-20(12-13-10-9-11-24-13)15(21)14(17(2,3)4)19-16(22)23-18(5,6)7/h9-11,14H,8,12H2,1-7H3,(H,19,22)/t14-/m0/s1. The van der Waals surface area contributed by atoms with Gasteiger partial charge in [0.1, 0.15) is 11.6 Å². The van der Waals surface area contributed by atoms with Gasteiger partial charge in [-0.05, 0) is 44.6 Å². The number of rotatable bonds is 5. The quantitative estimate of drug-likeness (QED) is 0.868. The van der Waals surface area contributed by atoms with Gasteiger partial charge in [-0.15, -0.1) is 11.3 Å². The van der Waals surface area contributed by atoms with E-state index in [4.69, 9.17) is 4.74 Å². The van der Waals surface area contributed by atoms with Crippen LogP contribution in [0.3, 0.4) is 0 Å². The molecule has 1 aromatic heterocycles. The largest absolute Gasteiger partial charge is 0.444 e. The molecule has 0 saturated carbocycles. The Morgan fingerprint density at radius 2 is 1.88 bits per heavy atom. The number of thiophene rings is 1. The highest BCUT2D eigenvalue weighted by Gasteiger charge is 2.36. The first-order chi connectivity index (χ1) is 10.9. The Morgan fingerprint density at radius 3 is 2.29 bits per heavy atom. The highest BCUT2D eigenvalue weighted by Crippen LogP contribution is 2.23. The smallest absolute Gasteiger partial charge is 0.408 e. The summed E-state index contributed by atoms with van der Waals surface area (Å²) in [4.78, 5) is 28.0. The Hall–Kier alpha value is -1.56. The topological polar surface area (TPSA) is 58.6 Å². The number of nitrogens with one attached hydrogen (secondary N) is 1. The molecule has 0 saturated heterocycles. The van der Waals surface area contributed by atoms with E-state index in [1.165, 1.54) is 0 Å². The van der Waals surface area contributed by atoms with Crippen molar-refractivity contribution in [3.8, 4) is 0 Å². The van der Waals surface area contributed by atoms with Crippen LogP contribution in [-0.4, -0.2) is 35.1 Å². The number of amides is 2. The summed E-state index contributed by atoms with van der Waals surface area (Å²) in [5.74, 6) is -0.0933. The van der Waals surface area contributed by atoms with Crippen molar-refractivity contribution in [2.24, 2.45) is 5.41 Å². The van der Waals surface area contributed by atoms with E-state index in [1.54, 1.807) is 37.0 Å². The van der Waals surface area contributed by atoms with Gasteiger partial charge in [-0.3, -0.25) is 4.79 Å². The fourth-order valence-corrected chi connectivity index (χ4v) is 2.91. The zero-order valence-electron chi connectivity index (χ0n) is 15.8. The van der Waals surface area contributed by atoms with Crippen molar-refractivity contribution in [1.82, 2.24) is 10.2 Å². The number of likely N-dealkylation sites (N-methyl/N-ethyl adjacent to an activating group) is 1. The first-order valence-electron chi connectivity index (χ1n) is 8.24. The van der Waals surface area contributed by atoms with Crippen LogP contribution in [0.25, 0.3) is 0 Å². The number of carbonyl (C=O) groups excluding carboxylic acids is 2. The van der Waals surface area contributed by atoms with Crippen LogP contribution in [0.4, 0.5) is 4.79 Å². The van der Waals surface area contributed by atoms with Gasteiger partial charge in [-0.1, -0.05) is 26.8 Å². The summed E-state index contributed by atoms with van der Waals surface area (Å²) in [6, 6.07) is 3.33. The molecule has 136 valence electrons. The first-order valence-corrected chi connectivity index (χ1v) is 9.12. The summed E-state index contributed by atoms with van der Waals surface area (Å²) in [6.07, 6.45) is -0.567. The normalized spacial score (nSPS) is 13.3. The molecular weight excluding hydrogens is 324 g/mol. The van der Waals surface area contributed by atoms with E-state index in [0.717, 1.165) is 4.88 Å². The van der Waals surface area contributed by atoms with Crippen LogP contribution in [0.1, 0.15) is 53.3 Å². The third kappa shape index (κ3) is 6.51. The minimum absolute atomic E-state index is 0.0933. The van der Waals surface area contributed by atoms with E-state index in [-0.39, 0.29) is 5.91 Å². The Balaban J connectivity index is 2.89. The Kier molecular flexibility index (Phi) is 6.84. The molecular formula is C18H30N2O3S. The van der Waals surface area contributed by atoms with Crippen molar-refractivity contribution in [3.63, 3.8) is 0 Å². The van der Waals surface area contributed by atoms with E-state index in [0.29, 0.717) is 13.1 Å². The van der Waals surface area contributed by atoms with E-state index >= 15 is 0 Å². The van der Waals surface area contributed by atoms with Crippen LogP contribution >= 0.6 is 11.3 Å². The van der Waals surface area contributed by atoms with E-state index in [2.05, 4.69) is 5.32 Å². The SMILES string of the molecule is CCN(Cc1cccs1)C(=O)[C@H](NC(=O)OC(C)(C)C)C(C)(C)C. The van der Waals surface area contributed by atoms with Gasteiger partial charge < -0.3 is 15.0 Å². The molecule has 2 amide bonds. The zero-order chi connectivity index (χ0) is 18.5. The maximum absolute atomic E-state index is 13.0. The molecule has 24 heavy (non-hydrogen) atoms. The molecule has 0 bridgehead atoms. The highest BCUT2D eigenvalue weighted by atomic mass is 32.1. The lowest BCUT2D eigenvalue weighted by molar-refractivity contribution is -0.136. The molecule has 0 aromatic carbocycles. The molecule has 1 rings (SSSR count). The number of hydrogen-bond acceptors (Lipinski definition) is 4. The van der Waals surface area contributed by atoms with Gasteiger partial charge >= 0.3 is 6.09 Å². The molecule has 0 aliphatic heterocycles. The molecule has 6 heteroatoms. The molecule has 0 fully saturated rings. The van der Waals surface area contributed by atoms with Gasteiger partial charge in [-0.2, -0.15) is 0 Å². The lowest BCUT2D eigenvalue weighted by atomic mass is 9.86. The Labute approximate surface area is 149 Å². The summed E-state index contributed by atoms with van der Waals surface area (Å²) in [6.45, 7) is 14.3. The van der Waals surface area contributed by atoms with E-state index < -0.39 is 23.2 Å². The summed E-state index contributed by atoms with van der Waals surface area (Å²) in [7, 11) is 0. The van der Waals surface area contributed by atoms with Crippen molar-refractivity contribution in [3.05, 3.63) is 22.4 Å².